The summed E-state index contributed by atoms with van der Waals surface area (Å²) in [5.74, 6) is 0.623. The quantitative estimate of drug-likeness (QED) is 0.845. The van der Waals surface area contributed by atoms with Crippen LogP contribution in [0.4, 0.5) is 0 Å². The molecule has 0 spiro atoms. The third kappa shape index (κ3) is 2.67. The summed E-state index contributed by atoms with van der Waals surface area (Å²) in [7, 11) is 0. The van der Waals surface area contributed by atoms with E-state index < -0.39 is 0 Å². The van der Waals surface area contributed by atoms with E-state index in [4.69, 9.17) is 5.73 Å². The molecular formula is C14H20N2O. The van der Waals surface area contributed by atoms with Gasteiger partial charge in [0.15, 0.2) is 0 Å². The average Bonchev–Trinajstić information content (AvgIpc) is 2.38. The van der Waals surface area contributed by atoms with Crippen LogP contribution >= 0.6 is 0 Å². The largest absolute Gasteiger partial charge is 0.338 e. The predicted octanol–water partition coefficient (Wildman–Crippen LogP) is 1.81. The van der Waals surface area contributed by atoms with Crippen LogP contribution in [0.15, 0.2) is 24.3 Å². The second kappa shape index (κ2) is 5.32. The van der Waals surface area contributed by atoms with Crippen molar-refractivity contribution in [2.24, 2.45) is 11.7 Å². The van der Waals surface area contributed by atoms with E-state index in [9.17, 15) is 4.79 Å². The summed E-state index contributed by atoms with van der Waals surface area (Å²) in [6.07, 6.45) is 2.22. The number of benzene rings is 1. The fourth-order valence-corrected chi connectivity index (χ4v) is 2.43. The van der Waals surface area contributed by atoms with E-state index >= 15 is 0 Å². The summed E-state index contributed by atoms with van der Waals surface area (Å²) >= 11 is 0. The van der Waals surface area contributed by atoms with Crippen LogP contribution in [0.1, 0.15) is 28.8 Å². The average molecular weight is 232 g/mol. The lowest BCUT2D eigenvalue weighted by Crippen LogP contribution is -2.42. The number of hydrogen-bond donors (Lipinski definition) is 1. The molecule has 0 aliphatic carbocycles. The van der Waals surface area contributed by atoms with Crippen LogP contribution in [-0.4, -0.2) is 30.4 Å². The minimum absolute atomic E-state index is 0.154. The molecule has 1 unspecified atom stereocenters. The van der Waals surface area contributed by atoms with Crippen molar-refractivity contribution in [1.82, 2.24) is 4.90 Å². The second-order valence-corrected chi connectivity index (χ2v) is 4.81. The number of hydrogen-bond acceptors (Lipinski definition) is 2. The highest BCUT2D eigenvalue weighted by Gasteiger charge is 2.24. The van der Waals surface area contributed by atoms with Crippen LogP contribution in [0.2, 0.25) is 0 Å². The number of piperidine rings is 1. The molecule has 1 amide bonds. The van der Waals surface area contributed by atoms with Crippen LogP contribution < -0.4 is 5.73 Å². The molecule has 2 rings (SSSR count). The third-order valence-corrected chi connectivity index (χ3v) is 3.52. The Hall–Kier alpha value is -1.35. The molecular weight excluding hydrogens is 212 g/mol. The van der Waals surface area contributed by atoms with Gasteiger partial charge in [-0.25, -0.2) is 0 Å². The minimum atomic E-state index is 0.154. The molecule has 1 saturated heterocycles. The molecule has 0 aromatic heterocycles. The van der Waals surface area contributed by atoms with Crippen molar-refractivity contribution in [2.45, 2.75) is 19.8 Å². The number of carbonyl (C=O) groups is 1. The van der Waals surface area contributed by atoms with E-state index in [0.717, 1.165) is 37.1 Å². The molecule has 1 atom stereocenters. The summed E-state index contributed by atoms with van der Waals surface area (Å²) in [5.41, 5.74) is 7.57. The molecule has 2 N–H and O–H groups in total. The topological polar surface area (TPSA) is 46.3 Å². The Morgan fingerprint density at radius 2 is 2.24 bits per heavy atom. The predicted molar refractivity (Wildman–Crippen MR) is 68.9 cm³/mol. The number of rotatable bonds is 2. The van der Waals surface area contributed by atoms with Crippen LogP contribution in [0.25, 0.3) is 0 Å². The molecule has 0 radical (unpaired) electrons. The Labute approximate surface area is 103 Å². The molecule has 1 aromatic rings. The molecule has 17 heavy (non-hydrogen) atoms. The van der Waals surface area contributed by atoms with E-state index in [-0.39, 0.29) is 5.91 Å². The highest BCUT2D eigenvalue weighted by Crippen LogP contribution is 2.19. The van der Waals surface area contributed by atoms with Crippen molar-refractivity contribution in [3.63, 3.8) is 0 Å². The van der Waals surface area contributed by atoms with Crippen molar-refractivity contribution in [3.8, 4) is 0 Å². The Morgan fingerprint density at radius 1 is 1.47 bits per heavy atom. The first-order chi connectivity index (χ1) is 8.22. The van der Waals surface area contributed by atoms with Gasteiger partial charge in [-0.2, -0.15) is 0 Å². The van der Waals surface area contributed by atoms with Gasteiger partial charge < -0.3 is 10.6 Å². The Morgan fingerprint density at radius 3 is 2.94 bits per heavy atom. The van der Waals surface area contributed by atoms with Gasteiger partial charge in [-0.05, 0) is 43.9 Å². The number of nitrogens with two attached hydrogens (primary N) is 1. The van der Waals surface area contributed by atoms with Crippen LogP contribution in [0, 0.1) is 12.8 Å². The van der Waals surface area contributed by atoms with Crippen molar-refractivity contribution < 1.29 is 4.79 Å². The van der Waals surface area contributed by atoms with Crippen LogP contribution in [0.3, 0.4) is 0 Å². The molecule has 1 aliphatic heterocycles. The van der Waals surface area contributed by atoms with Crippen molar-refractivity contribution >= 4 is 5.91 Å². The molecule has 3 heteroatoms. The number of carbonyl (C=O) groups excluding carboxylic acids is 1. The fourth-order valence-electron chi connectivity index (χ4n) is 2.43. The number of aryl methyl sites for hydroxylation is 1. The molecule has 1 aliphatic rings. The summed E-state index contributed by atoms with van der Waals surface area (Å²) in [6.45, 7) is 4.34. The monoisotopic (exact) mass is 232 g/mol. The summed E-state index contributed by atoms with van der Waals surface area (Å²) in [5, 5.41) is 0. The van der Waals surface area contributed by atoms with E-state index in [0.29, 0.717) is 12.5 Å². The maximum Gasteiger partial charge on any atom is 0.254 e. The molecule has 0 bridgehead atoms. The fraction of sp³-hybridized carbons (Fsp3) is 0.500. The third-order valence-electron chi connectivity index (χ3n) is 3.52. The van der Waals surface area contributed by atoms with Crippen LogP contribution in [-0.2, 0) is 0 Å². The van der Waals surface area contributed by atoms with Crippen LogP contribution in [0.5, 0.6) is 0 Å². The molecule has 1 aromatic carbocycles. The Bertz CT molecular complexity index is 403. The maximum absolute atomic E-state index is 12.4. The van der Waals surface area contributed by atoms with Crippen molar-refractivity contribution in [2.75, 3.05) is 19.6 Å². The smallest absolute Gasteiger partial charge is 0.254 e. The first-order valence-corrected chi connectivity index (χ1v) is 6.27. The molecule has 1 heterocycles. The van der Waals surface area contributed by atoms with Gasteiger partial charge in [-0.1, -0.05) is 18.2 Å². The van der Waals surface area contributed by atoms with Crippen molar-refractivity contribution in [1.29, 1.82) is 0 Å². The summed E-state index contributed by atoms with van der Waals surface area (Å²) in [4.78, 5) is 14.3. The zero-order chi connectivity index (χ0) is 12.3. The van der Waals surface area contributed by atoms with Gasteiger partial charge >= 0.3 is 0 Å². The van der Waals surface area contributed by atoms with Gasteiger partial charge in [0.1, 0.15) is 0 Å². The molecule has 92 valence electrons. The lowest BCUT2D eigenvalue weighted by Gasteiger charge is -2.32. The van der Waals surface area contributed by atoms with Gasteiger partial charge in [0.05, 0.1) is 0 Å². The molecule has 0 saturated carbocycles. The van der Waals surface area contributed by atoms with Gasteiger partial charge in [-0.15, -0.1) is 0 Å². The number of nitrogens with zero attached hydrogens (tertiary/aromatic N) is 1. The lowest BCUT2D eigenvalue weighted by molar-refractivity contribution is 0.0677. The van der Waals surface area contributed by atoms with E-state index in [1.807, 2.05) is 36.1 Å². The Kier molecular flexibility index (Phi) is 3.79. The highest BCUT2D eigenvalue weighted by atomic mass is 16.2. The number of amides is 1. The van der Waals surface area contributed by atoms with E-state index in [1.165, 1.54) is 0 Å². The van der Waals surface area contributed by atoms with E-state index in [2.05, 4.69) is 0 Å². The van der Waals surface area contributed by atoms with Gasteiger partial charge in [-0.3, -0.25) is 4.79 Å². The SMILES string of the molecule is Cc1ccccc1C(=O)N1CCCC(CN)C1. The minimum Gasteiger partial charge on any atom is -0.338 e. The normalized spacial score (nSPS) is 20.4. The van der Waals surface area contributed by atoms with Gasteiger partial charge in [0.2, 0.25) is 0 Å². The lowest BCUT2D eigenvalue weighted by atomic mass is 9.97. The molecule has 3 nitrogen and oxygen atoms in total. The Balaban J connectivity index is 2.12. The van der Waals surface area contributed by atoms with Gasteiger partial charge in [0.25, 0.3) is 5.91 Å². The van der Waals surface area contributed by atoms with E-state index in [1.54, 1.807) is 0 Å². The highest BCUT2D eigenvalue weighted by molar-refractivity contribution is 5.95. The summed E-state index contributed by atoms with van der Waals surface area (Å²) < 4.78 is 0. The zero-order valence-electron chi connectivity index (χ0n) is 10.4. The van der Waals surface area contributed by atoms with Crippen molar-refractivity contribution in [3.05, 3.63) is 35.4 Å². The first kappa shape index (κ1) is 12.1. The standard InChI is InChI=1S/C14H20N2O/c1-11-5-2-3-7-13(11)14(17)16-8-4-6-12(9-15)10-16/h2-3,5,7,12H,4,6,8-10,15H2,1H3. The number of likely N-dealkylation sites (tertiary alicyclic amines) is 1. The zero-order valence-corrected chi connectivity index (χ0v) is 10.4. The second-order valence-electron chi connectivity index (χ2n) is 4.81. The van der Waals surface area contributed by atoms with Gasteiger partial charge in [0, 0.05) is 18.7 Å². The summed E-state index contributed by atoms with van der Waals surface area (Å²) in [6, 6.07) is 7.77. The molecule has 1 fully saturated rings. The maximum atomic E-state index is 12.4. The first-order valence-electron chi connectivity index (χ1n) is 6.27.